The van der Waals surface area contributed by atoms with Crippen molar-refractivity contribution in [1.82, 2.24) is 19.5 Å². The minimum Gasteiger partial charge on any atom is -0.455 e. The molecule has 0 saturated heterocycles. The van der Waals surface area contributed by atoms with Crippen LogP contribution in [0.5, 0.6) is 0 Å². The second kappa shape index (κ2) is 15.6. The summed E-state index contributed by atoms with van der Waals surface area (Å²) in [5.74, 6) is 1.76. The molecule has 0 N–H and O–H groups in total. The third-order valence-electron chi connectivity index (χ3n) is 13.5. The quantitative estimate of drug-likeness (QED) is 0.159. The minimum absolute atomic E-state index is 0.569. The zero-order valence-corrected chi connectivity index (χ0v) is 37.0. The fourth-order valence-electron chi connectivity index (χ4n) is 10.3. The Hall–Kier alpha value is -9.39. The second-order valence-electron chi connectivity index (χ2n) is 17.5. The number of benzene rings is 10. The van der Waals surface area contributed by atoms with Gasteiger partial charge in [0.25, 0.3) is 0 Å². The highest BCUT2D eigenvalue weighted by Crippen LogP contribution is 2.46. The Labute approximate surface area is 396 Å². The molecule has 0 fully saturated rings. The van der Waals surface area contributed by atoms with Crippen molar-refractivity contribution in [2.75, 3.05) is 0 Å². The van der Waals surface area contributed by atoms with Crippen LogP contribution < -0.4 is 0 Å². The molecule has 0 saturated carbocycles. The van der Waals surface area contributed by atoms with Crippen LogP contribution in [0.4, 0.5) is 0 Å². The van der Waals surface area contributed by atoms with Crippen molar-refractivity contribution < 1.29 is 8.83 Å². The lowest BCUT2D eigenvalue weighted by atomic mass is 9.96. The van der Waals surface area contributed by atoms with Crippen LogP contribution >= 0.6 is 0 Å². The minimum atomic E-state index is 0.569. The Morgan fingerprint density at radius 1 is 0.290 bits per heavy atom. The Bertz CT molecular complexity index is 4290. The van der Waals surface area contributed by atoms with E-state index in [0.29, 0.717) is 17.5 Å². The molecule has 6 nitrogen and oxygen atoms in total. The monoisotopic (exact) mass is 882 g/mol. The number of fused-ring (bicyclic) bond motifs is 9. The van der Waals surface area contributed by atoms with Gasteiger partial charge in [0.2, 0.25) is 0 Å². The van der Waals surface area contributed by atoms with Gasteiger partial charge in [-0.25, -0.2) is 15.0 Å². The van der Waals surface area contributed by atoms with E-state index >= 15 is 0 Å². The number of hydrogen-bond acceptors (Lipinski definition) is 5. The maximum absolute atomic E-state index is 6.98. The van der Waals surface area contributed by atoms with Crippen LogP contribution in [0, 0.1) is 0 Å². The lowest BCUT2D eigenvalue weighted by molar-refractivity contribution is 0.666. The van der Waals surface area contributed by atoms with E-state index in [1.807, 2.05) is 54.6 Å². The Kier molecular flexibility index (Phi) is 8.79. The van der Waals surface area contributed by atoms with E-state index in [1.165, 1.54) is 21.9 Å². The number of aromatic nitrogens is 4. The molecule has 4 aromatic heterocycles. The van der Waals surface area contributed by atoms with E-state index in [9.17, 15) is 0 Å². The maximum Gasteiger partial charge on any atom is 0.164 e. The molecule has 0 unspecified atom stereocenters. The molecule has 4 heterocycles. The highest BCUT2D eigenvalue weighted by Gasteiger charge is 2.24. The zero-order valence-electron chi connectivity index (χ0n) is 37.0. The molecule has 14 rings (SSSR count). The molecule has 10 aromatic carbocycles. The van der Waals surface area contributed by atoms with Gasteiger partial charge in [0.05, 0.1) is 16.7 Å². The van der Waals surface area contributed by atoms with Crippen LogP contribution in [0.3, 0.4) is 0 Å². The Morgan fingerprint density at radius 2 is 0.812 bits per heavy atom. The Morgan fingerprint density at radius 3 is 1.58 bits per heavy atom. The average Bonchev–Trinajstić information content (AvgIpc) is 4.12. The SMILES string of the molecule is c1ccc(-c2ccc(-c3nc(-c4ccccc4)nc(-c4cccc5oc6c(-c7ccc(-n8c9ccccc9c9cc(-c%10ccccc%10)ccc98)c8oc9ccccc9c78)cccc6c45)n3)cc2)cc1. The van der Waals surface area contributed by atoms with Gasteiger partial charge < -0.3 is 13.4 Å². The zero-order chi connectivity index (χ0) is 45.4. The number of rotatable bonds is 7. The van der Waals surface area contributed by atoms with E-state index in [4.69, 9.17) is 23.8 Å². The third-order valence-corrected chi connectivity index (χ3v) is 13.5. The summed E-state index contributed by atoms with van der Waals surface area (Å²) in [5, 5.41) is 6.34. The van der Waals surface area contributed by atoms with Gasteiger partial charge in [-0.05, 0) is 64.2 Å². The normalized spacial score (nSPS) is 11.8. The molecule has 0 aliphatic heterocycles. The summed E-state index contributed by atoms with van der Waals surface area (Å²) in [4.78, 5) is 15.4. The molecule has 322 valence electrons. The standard InChI is InChI=1S/C63H38N4O2/c1-4-16-39(17-5-1)41-30-32-43(33-31-41)62-64-61(42-20-8-3-9-21-42)65-63(66-62)50-26-15-29-56-57(50)49-25-14-24-47(59(49)69-56)46-35-37-54(60-58(46)48-23-11-13-28-55(48)68-60)67-52-27-12-10-22-45(52)51-38-44(34-36-53(51)67)40-18-6-2-7-19-40/h1-38H. The predicted octanol–water partition coefficient (Wildman–Crippen LogP) is 16.8. The highest BCUT2D eigenvalue weighted by molar-refractivity contribution is 6.21. The van der Waals surface area contributed by atoms with Gasteiger partial charge in [-0.1, -0.05) is 194 Å². The van der Waals surface area contributed by atoms with Crippen LogP contribution in [0.1, 0.15) is 0 Å². The first kappa shape index (κ1) is 38.8. The number of para-hydroxylation sites is 3. The van der Waals surface area contributed by atoms with Crippen LogP contribution in [-0.2, 0) is 0 Å². The third kappa shape index (κ3) is 6.30. The first-order valence-electron chi connectivity index (χ1n) is 23.2. The summed E-state index contributed by atoms with van der Waals surface area (Å²) in [6.45, 7) is 0. The molecule has 0 aliphatic carbocycles. The molecule has 0 aliphatic rings. The summed E-state index contributed by atoms with van der Waals surface area (Å²) in [6, 6.07) is 80.2. The molecule has 6 heteroatoms. The van der Waals surface area contributed by atoms with E-state index in [-0.39, 0.29) is 0 Å². The molecule has 0 amide bonds. The van der Waals surface area contributed by atoms with Crippen LogP contribution in [-0.4, -0.2) is 19.5 Å². The van der Waals surface area contributed by atoms with Crippen LogP contribution in [0.25, 0.3) is 139 Å². The molecular formula is C63H38N4O2. The summed E-state index contributed by atoms with van der Waals surface area (Å²) in [5.41, 5.74) is 15.6. The van der Waals surface area contributed by atoms with Gasteiger partial charge in [0, 0.05) is 54.6 Å². The summed E-state index contributed by atoms with van der Waals surface area (Å²) < 4.78 is 16.3. The molecule has 69 heavy (non-hydrogen) atoms. The fourth-order valence-corrected chi connectivity index (χ4v) is 10.3. The topological polar surface area (TPSA) is 69.9 Å². The van der Waals surface area contributed by atoms with Crippen molar-refractivity contribution in [3.63, 3.8) is 0 Å². The smallest absolute Gasteiger partial charge is 0.164 e. The maximum atomic E-state index is 6.98. The van der Waals surface area contributed by atoms with Crippen molar-refractivity contribution in [2.24, 2.45) is 0 Å². The molecule has 0 spiro atoms. The Balaban J connectivity index is 0.954. The number of hydrogen-bond donors (Lipinski definition) is 0. The molecule has 14 aromatic rings. The van der Waals surface area contributed by atoms with Gasteiger partial charge in [0.15, 0.2) is 23.1 Å². The fraction of sp³-hybridized carbons (Fsp3) is 0. The molecule has 0 bridgehead atoms. The van der Waals surface area contributed by atoms with Crippen molar-refractivity contribution >= 4 is 65.7 Å². The van der Waals surface area contributed by atoms with Crippen LogP contribution in [0.2, 0.25) is 0 Å². The van der Waals surface area contributed by atoms with Crippen molar-refractivity contribution in [1.29, 1.82) is 0 Å². The van der Waals surface area contributed by atoms with E-state index < -0.39 is 0 Å². The summed E-state index contributed by atoms with van der Waals surface area (Å²) >= 11 is 0. The lowest BCUT2D eigenvalue weighted by Crippen LogP contribution is -2.00. The lowest BCUT2D eigenvalue weighted by Gasteiger charge is -2.12. The van der Waals surface area contributed by atoms with Gasteiger partial charge in [-0.2, -0.15) is 0 Å². The summed E-state index contributed by atoms with van der Waals surface area (Å²) in [7, 11) is 0. The van der Waals surface area contributed by atoms with E-state index in [0.717, 1.165) is 99.5 Å². The van der Waals surface area contributed by atoms with Crippen molar-refractivity contribution in [2.45, 2.75) is 0 Å². The number of furan rings is 2. The highest BCUT2D eigenvalue weighted by atomic mass is 16.3. The van der Waals surface area contributed by atoms with Crippen molar-refractivity contribution in [3.05, 3.63) is 231 Å². The summed E-state index contributed by atoms with van der Waals surface area (Å²) in [6.07, 6.45) is 0. The largest absolute Gasteiger partial charge is 0.455 e. The van der Waals surface area contributed by atoms with E-state index in [2.05, 4.69) is 180 Å². The van der Waals surface area contributed by atoms with Gasteiger partial charge in [-0.3, -0.25) is 0 Å². The molecule has 0 atom stereocenters. The predicted molar refractivity (Wildman–Crippen MR) is 281 cm³/mol. The first-order valence-corrected chi connectivity index (χ1v) is 23.2. The van der Waals surface area contributed by atoms with E-state index in [1.54, 1.807) is 0 Å². The molecule has 0 radical (unpaired) electrons. The number of nitrogens with zero attached hydrogens (tertiary/aromatic N) is 4. The van der Waals surface area contributed by atoms with Gasteiger partial charge >= 0.3 is 0 Å². The second-order valence-corrected chi connectivity index (χ2v) is 17.5. The first-order chi connectivity index (χ1) is 34.2. The van der Waals surface area contributed by atoms with Gasteiger partial charge in [0.1, 0.15) is 16.7 Å². The van der Waals surface area contributed by atoms with Crippen molar-refractivity contribution in [3.8, 4) is 73.2 Å². The van der Waals surface area contributed by atoms with Crippen LogP contribution in [0.15, 0.2) is 239 Å². The average molecular weight is 883 g/mol. The van der Waals surface area contributed by atoms with Gasteiger partial charge in [-0.15, -0.1) is 0 Å². The molecular weight excluding hydrogens is 845 g/mol.